The van der Waals surface area contributed by atoms with Gasteiger partial charge in [-0.3, -0.25) is 9.59 Å². The molecule has 3 aromatic rings. The molecule has 8 nitrogen and oxygen atoms in total. The highest BCUT2D eigenvalue weighted by molar-refractivity contribution is 6.03. The van der Waals surface area contributed by atoms with Crippen LogP contribution in [0.4, 0.5) is 22.9 Å². The van der Waals surface area contributed by atoms with Gasteiger partial charge in [-0.2, -0.15) is 0 Å². The third-order valence-corrected chi connectivity index (χ3v) is 3.73. The van der Waals surface area contributed by atoms with E-state index in [1.165, 1.54) is 6.92 Å². The molecule has 2 amide bonds. The molecule has 0 saturated carbocycles. The average molecular weight is 377 g/mol. The van der Waals surface area contributed by atoms with Gasteiger partial charge in [-0.25, -0.2) is 0 Å². The van der Waals surface area contributed by atoms with Crippen LogP contribution in [0.5, 0.6) is 5.75 Å². The number of nitrogens with one attached hydrogen (secondary N) is 3. The molecule has 3 N–H and O–H groups in total. The summed E-state index contributed by atoms with van der Waals surface area (Å²) in [6.45, 7) is 1.43. The number of aromatic nitrogens is 2. The van der Waals surface area contributed by atoms with Crippen LogP contribution in [-0.2, 0) is 4.79 Å². The van der Waals surface area contributed by atoms with Gasteiger partial charge in [0.15, 0.2) is 11.5 Å². The number of carbonyl (C=O) groups is 2. The molecule has 142 valence electrons. The fourth-order valence-corrected chi connectivity index (χ4v) is 2.44. The maximum Gasteiger partial charge on any atom is 0.276 e. The Morgan fingerprint density at radius 1 is 0.857 bits per heavy atom. The molecule has 1 aromatic heterocycles. The number of methoxy groups -OCH3 is 1. The molecule has 28 heavy (non-hydrogen) atoms. The van der Waals surface area contributed by atoms with Gasteiger partial charge in [0, 0.05) is 18.3 Å². The smallest absolute Gasteiger partial charge is 0.276 e. The van der Waals surface area contributed by atoms with Crippen LogP contribution in [-0.4, -0.2) is 29.1 Å². The van der Waals surface area contributed by atoms with Crippen molar-refractivity contribution in [3.05, 3.63) is 66.4 Å². The summed E-state index contributed by atoms with van der Waals surface area (Å²) in [6.07, 6.45) is 0. The zero-order valence-electron chi connectivity index (χ0n) is 15.4. The molecule has 0 fully saturated rings. The third-order valence-electron chi connectivity index (χ3n) is 3.73. The standard InChI is InChI=1S/C20H19N5O3/c1-13(26)21-14-7-9-15(10-8-14)22-20(27)17-11-12-19(25-24-17)23-16-5-3-4-6-18(16)28-2/h3-12H,1-2H3,(H,21,26)(H,22,27)(H,23,25). The van der Waals surface area contributed by atoms with Crippen molar-refractivity contribution in [1.29, 1.82) is 0 Å². The monoisotopic (exact) mass is 377 g/mol. The Morgan fingerprint density at radius 2 is 1.54 bits per heavy atom. The zero-order valence-corrected chi connectivity index (χ0v) is 15.4. The van der Waals surface area contributed by atoms with Crippen molar-refractivity contribution in [3.63, 3.8) is 0 Å². The first kappa shape index (κ1) is 18.8. The normalized spacial score (nSPS) is 10.1. The molecule has 0 atom stereocenters. The summed E-state index contributed by atoms with van der Waals surface area (Å²) in [4.78, 5) is 23.4. The summed E-state index contributed by atoms with van der Waals surface area (Å²) in [5.41, 5.74) is 2.15. The first-order valence-electron chi connectivity index (χ1n) is 8.48. The lowest BCUT2D eigenvalue weighted by atomic mass is 10.2. The predicted octanol–water partition coefficient (Wildman–Crippen LogP) is 3.44. The summed E-state index contributed by atoms with van der Waals surface area (Å²) in [5, 5.41) is 16.5. The van der Waals surface area contributed by atoms with Crippen LogP contribution in [0.2, 0.25) is 0 Å². The van der Waals surface area contributed by atoms with Gasteiger partial charge in [0.05, 0.1) is 12.8 Å². The molecule has 0 aliphatic heterocycles. The molecule has 3 rings (SSSR count). The number of nitrogens with zero attached hydrogens (tertiary/aromatic N) is 2. The van der Waals surface area contributed by atoms with Gasteiger partial charge in [-0.15, -0.1) is 10.2 Å². The lowest BCUT2D eigenvalue weighted by molar-refractivity contribution is -0.114. The minimum atomic E-state index is -0.386. The molecule has 0 aliphatic carbocycles. The van der Waals surface area contributed by atoms with Crippen molar-refractivity contribution in [1.82, 2.24) is 10.2 Å². The molecule has 0 saturated heterocycles. The number of hydrogen-bond acceptors (Lipinski definition) is 6. The van der Waals surface area contributed by atoms with Crippen LogP contribution in [0, 0.1) is 0 Å². The molecule has 0 radical (unpaired) electrons. The van der Waals surface area contributed by atoms with Crippen molar-refractivity contribution >= 4 is 34.7 Å². The second-order valence-corrected chi connectivity index (χ2v) is 5.84. The fraction of sp³-hybridized carbons (Fsp3) is 0.100. The van der Waals surface area contributed by atoms with E-state index in [9.17, 15) is 9.59 Å². The molecule has 2 aromatic carbocycles. The largest absolute Gasteiger partial charge is 0.495 e. The van der Waals surface area contributed by atoms with E-state index >= 15 is 0 Å². The van der Waals surface area contributed by atoms with Crippen LogP contribution in [0.3, 0.4) is 0 Å². The maximum atomic E-state index is 12.3. The van der Waals surface area contributed by atoms with E-state index in [2.05, 4.69) is 26.1 Å². The molecule has 0 bridgehead atoms. The lowest BCUT2D eigenvalue weighted by Gasteiger charge is -2.10. The second kappa shape index (κ2) is 8.63. The van der Waals surface area contributed by atoms with E-state index in [-0.39, 0.29) is 17.5 Å². The highest BCUT2D eigenvalue weighted by Crippen LogP contribution is 2.25. The molecule has 0 spiro atoms. The van der Waals surface area contributed by atoms with Crippen LogP contribution < -0.4 is 20.7 Å². The Labute approximate surface area is 161 Å². The van der Waals surface area contributed by atoms with E-state index in [4.69, 9.17) is 4.74 Å². The van der Waals surface area contributed by atoms with E-state index in [1.807, 2.05) is 24.3 Å². The van der Waals surface area contributed by atoms with Crippen molar-refractivity contribution in [2.45, 2.75) is 6.92 Å². The summed E-state index contributed by atoms with van der Waals surface area (Å²) in [6, 6.07) is 17.4. The molecular formula is C20H19N5O3. The Bertz CT molecular complexity index is 972. The van der Waals surface area contributed by atoms with Gasteiger partial charge in [0.1, 0.15) is 5.75 Å². The Morgan fingerprint density at radius 3 is 2.14 bits per heavy atom. The first-order valence-corrected chi connectivity index (χ1v) is 8.48. The molecule has 1 heterocycles. The maximum absolute atomic E-state index is 12.3. The summed E-state index contributed by atoms with van der Waals surface area (Å²) >= 11 is 0. The second-order valence-electron chi connectivity index (χ2n) is 5.84. The molecule has 0 aliphatic rings. The summed E-state index contributed by atoms with van der Waals surface area (Å²) in [7, 11) is 1.59. The van der Waals surface area contributed by atoms with E-state index < -0.39 is 0 Å². The van der Waals surface area contributed by atoms with Gasteiger partial charge >= 0.3 is 0 Å². The number of anilines is 4. The van der Waals surface area contributed by atoms with Crippen LogP contribution in [0.1, 0.15) is 17.4 Å². The van der Waals surface area contributed by atoms with Gasteiger partial charge in [-0.05, 0) is 48.5 Å². The third kappa shape index (κ3) is 4.82. The molecule has 8 heteroatoms. The van der Waals surface area contributed by atoms with Crippen LogP contribution in [0.15, 0.2) is 60.7 Å². The van der Waals surface area contributed by atoms with E-state index in [0.29, 0.717) is 22.9 Å². The quantitative estimate of drug-likeness (QED) is 0.608. The number of benzene rings is 2. The Kier molecular flexibility index (Phi) is 5.81. The van der Waals surface area contributed by atoms with Gasteiger partial charge in [-0.1, -0.05) is 12.1 Å². The van der Waals surface area contributed by atoms with Crippen molar-refractivity contribution in [2.24, 2.45) is 0 Å². The average Bonchev–Trinajstić information content (AvgIpc) is 2.70. The Balaban J connectivity index is 1.64. The van der Waals surface area contributed by atoms with E-state index in [0.717, 1.165) is 5.69 Å². The highest BCUT2D eigenvalue weighted by atomic mass is 16.5. The minimum absolute atomic E-state index is 0.158. The highest BCUT2D eigenvalue weighted by Gasteiger charge is 2.10. The number of rotatable bonds is 6. The van der Waals surface area contributed by atoms with Crippen molar-refractivity contribution in [3.8, 4) is 5.75 Å². The molecular weight excluding hydrogens is 358 g/mol. The van der Waals surface area contributed by atoms with Gasteiger partial charge in [0.25, 0.3) is 5.91 Å². The van der Waals surface area contributed by atoms with E-state index in [1.54, 1.807) is 43.5 Å². The number of para-hydroxylation sites is 2. The SMILES string of the molecule is COc1ccccc1Nc1ccc(C(=O)Nc2ccc(NC(C)=O)cc2)nn1. The molecule has 0 unspecified atom stereocenters. The van der Waals surface area contributed by atoms with Crippen LogP contribution in [0.25, 0.3) is 0 Å². The topological polar surface area (TPSA) is 105 Å². The number of ether oxygens (including phenoxy) is 1. The zero-order chi connectivity index (χ0) is 19.9. The number of carbonyl (C=O) groups excluding carboxylic acids is 2. The van der Waals surface area contributed by atoms with Crippen molar-refractivity contribution < 1.29 is 14.3 Å². The number of amides is 2. The van der Waals surface area contributed by atoms with Gasteiger partial charge < -0.3 is 20.7 Å². The number of hydrogen-bond donors (Lipinski definition) is 3. The first-order chi connectivity index (χ1) is 13.5. The minimum Gasteiger partial charge on any atom is -0.495 e. The van der Waals surface area contributed by atoms with Gasteiger partial charge in [0.2, 0.25) is 5.91 Å². The fourth-order valence-electron chi connectivity index (χ4n) is 2.44. The summed E-state index contributed by atoms with van der Waals surface area (Å²) in [5.74, 6) is 0.618. The lowest BCUT2D eigenvalue weighted by Crippen LogP contribution is -2.14. The van der Waals surface area contributed by atoms with Crippen LogP contribution >= 0.6 is 0 Å². The predicted molar refractivity (Wildman–Crippen MR) is 107 cm³/mol. The Hall–Kier alpha value is -3.94. The van der Waals surface area contributed by atoms with Crippen molar-refractivity contribution in [2.75, 3.05) is 23.1 Å². The summed E-state index contributed by atoms with van der Waals surface area (Å²) < 4.78 is 5.28.